The van der Waals surface area contributed by atoms with Crippen LogP contribution in [0.15, 0.2) is 18.2 Å². The zero-order valence-corrected chi connectivity index (χ0v) is 9.15. The Morgan fingerprint density at radius 1 is 1.31 bits per heavy atom. The summed E-state index contributed by atoms with van der Waals surface area (Å²) in [5.74, 6) is -1.07. The first-order valence-electron chi connectivity index (χ1n) is 4.75. The van der Waals surface area contributed by atoms with E-state index in [0.717, 1.165) is 0 Å². The topological polar surface area (TPSA) is 78.6 Å². The summed E-state index contributed by atoms with van der Waals surface area (Å²) in [7, 11) is 1.25. The summed E-state index contributed by atoms with van der Waals surface area (Å²) in [6.07, 6.45) is 0. The lowest BCUT2D eigenvalue weighted by Crippen LogP contribution is -2.10. The number of carbonyl (C=O) groups excluding carboxylic acids is 2. The molecule has 0 saturated heterocycles. The van der Waals surface area contributed by atoms with Crippen molar-refractivity contribution in [2.24, 2.45) is 0 Å². The molecule has 0 fully saturated rings. The number of hydrogen-bond donors (Lipinski definition) is 1. The molecule has 0 bridgehead atoms. The van der Waals surface area contributed by atoms with Crippen LogP contribution in [0.2, 0.25) is 0 Å². The van der Waals surface area contributed by atoms with Gasteiger partial charge in [0.15, 0.2) is 0 Å². The van der Waals surface area contributed by atoms with Crippen molar-refractivity contribution in [1.82, 2.24) is 0 Å². The van der Waals surface area contributed by atoms with Crippen LogP contribution in [0.5, 0.6) is 0 Å². The average Bonchev–Trinajstić information content (AvgIpc) is 2.29. The number of anilines is 1. The van der Waals surface area contributed by atoms with Crippen molar-refractivity contribution in [3.63, 3.8) is 0 Å². The van der Waals surface area contributed by atoms with Crippen molar-refractivity contribution in [3.05, 3.63) is 29.3 Å². The molecule has 0 unspecified atom stereocenters. The first-order chi connectivity index (χ1) is 7.60. The van der Waals surface area contributed by atoms with Gasteiger partial charge in [-0.05, 0) is 25.1 Å². The van der Waals surface area contributed by atoms with E-state index in [9.17, 15) is 9.59 Å². The van der Waals surface area contributed by atoms with Crippen molar-refractivity contribution in [1.29, 1.82) is 0 Å². The van der Waals surface area contributed by atoms with Crippen molar-refractivity contribution in [2.75, 3.05) is 19.5 Å². The second-order valence-corrected chi connectivity index (χ2v) is 3.01. The van der Waals surface area contributed by atoms with Gasteiger partial charge < -0.3 is 15.2 Å². The van der Waals surface area contributed by atoms with Gasteiger partial charge in [0.2, 0.25) is 0 Å². The minimum Gasteiger partial charge on any atom is -0.465 e. The van der Waals surface area contributed by atoms with Crippen LogP contribution < -0.4 is 5.73 Å². The normalized spacial score (nSPS) is 9.62. The number of carbonyl (C=O) groups is 2. The second kappa shape index (κ2) is 5.16. The van der Waals surface area contributed by atoms with Gasteiger partial charge in [0.25, 0.3) is 0 Å². The third kappa shape index (κ3) is 2.50. The average molecular weight is 223 g/mol. The Morgan fingerprint density at radius 3 is 2.56 bits per heavy atom. The van der Waals surface area contributed by atoms with Gasteiger partial charge in [0.1, 0.15) is 0 Å². The fourth-order valence-electron chi connectivity index (χ4n) is 1.18. The van der Waals surface area contributed by atoms with Gasteiger partial charge in [-0.15, -0.1) is 0 Å². The van der Waals surface area contributed by atoms with E-state index in [1.54, 1.807) is 6.92 Å². The maximum Gasteiger partial charge on any atom is 0.339 e. The molecule has 1 aromatic rings. The van der Waals surface area contributed by atoms with E-state index in [0.29, 0.717) is 0 Å². The zero-order valence-electron chi connectivity index (χ0n) is 9.15. The Kier molecular flexibility index (Phi) is 3.88. The van der Waals surface area contributed by atoms with Gasteiger partial charge in [-0.2, -0.15) is 0 Å². The molecule has 0 saturated carbocycles. The van der Waals surface area contributed by atoms with Gasteiger partial charge in [0.05, 0.1) is 24.8 Å². The van der Waals surface area contributed by atoms with Gasteiger partial charge >= 0.3 is 11.9 Å². The molecule has 16 heavy (non-hydrogen) atoms. The molecular formula is C11H13NO4. The van der Waals surface area contributed by atoms with Crippen LogP contribution in [0.25, 0.3) is 0 Å². The first-order valence-corrected chi connectivity index (χ1v) is 4.75. The van der Waals surface area contributed by atoms with Crippen LogP contribution in [0.4, 0.5) is 5.69 Å². The molecule has 0 radical (unpaired) electrons. The molecule has 5 heteroatoms. The Bertz CT molecular complexity index is 414. The number of methoxy groups -OCH3 is 1. The number of esters is 2. The molecule has 0 amide bonds. The fraction of sp³-hybridized carbons (Fsp3) is 0.273. The third-order valence-corrected chi connectivity index (χ3v) is 1.97. The van der Waals surface area contributed by atoms with E-state index in [4.69, 9.17) is 10.5 Å². The third-order valence-electron chi connectivity index (χ3n) is 1.97. The largest absolute Gasteiger partial charge is 0.465 e. The highest BCUT2D eigenvalue weighted by Crippen LogP contribution is 2.16. The molecule has 0 heterocycles. The summed E-state index contributed by atoms with van der Waals surface area (Å²) in [6.45, 7) is 1.98. The summed E-state index contributed by atoms with van der Waals surface area (Å²) in [4.78, 5) is 22.7. The minimum atomic E-state index is -0.580. The highest BCUT2D eigenvalue weighted by atomic mass is 16.5. The number of hydrogen-bond acceptors (Lipinski definition) is 5. The smallest absolute Gasteiger partial charge is 0.339 e. The second-order valence-electron chi connectivity index (χ2n) is 3.01. The minimum absolute atomic E-state index is 0.160. The molecule has 0 aliphatic heterocycles. The highest BCUT2D eigenvalue weighted by molar-refractivity contribution is 5.99. The Hall–Kier alpha value is -2.04. The Labute approximate surface area is 93.1 Å². The van der Waals surface area contributed by atoms with E-state index >= 15 is 0 Å². The van der Waals surface area contributed by atoms with Crippen molar-refractivity contribution >= 4 is 17.6 Å². The van der Waals surface area contributed by atoms with Gasteiger partial charge in [0, 0.05) is 5.69 Å². The molecule has 86 valence electrons. The maximum atomic E-state index is 11.4. The highest BCUT2D eigenvalue weighted by Gasteiger charge is 2.14. The summed E-state index contributed by atoms with van der Waals surface area (Å²) in [5, 5.41) is 0. The molecule has 0 spiro atoms. The van der Waals surface area contributed by atoms with Crippen molar-refractivity contribution < 1.29 is 19.1 Å². The fourth-order valence-corrected chi connectivity index (χ4v) is 1.18. The van der Waals surface area contributed by atoms with E-state index in [1.807, 2.05) is 0 Å². The predicted octanol–water partition coefficient (Wildman–Crippen LogP) is 1.23. The lowest BCUT2D eigenvalue weighted by atomic mass is 10.1. The molecule has 2 N–H and O–H groups in total. The maximum absolute atomic E-state index is 11.4. The van der Waals surface area contributed by atoms with Gasteiger partial charge in [-0.3, -0.25) is 0 Å². The van der Waals surface area contributed by atoms with Gasteiger partial charge in [-0.1, -0.05) is 0 Å². The molecule has 0 aliphatic carbocycles. The van der Waals surface area contributed by atoms with E-state index in [-0.39, 0.29) is 23.4 Å². The Balaban J connectivity index is 3.07. The predicted molar refractivity (Wildman–Crippen MR) is 58.2 cm³/mol. The standard InChI is InChI=1S/C11H13NO4/c1-3-16-10(13)7-4-5-9(12)8(6-7)11(14)15-2/h4-6H,3,12H2,1-2H3. The Morgan fingerprint density at radius 2 is 2.00 bits per heavy atom. The molecule has 0 atom stereocenters. The summed E-state index contributed by atoms with van der Waals surface area (Å²) in [5.41, 5.74) is 6.29. The van der Waals surface area contributed by atoms with Crippen LogP contribution in [0.3, 0.4) is 0 Å². The summed E-state index contributed by atoms with van der Waals surface area (Å²) < 4.78 is 9.35. The summed E-state index contributed by atoms with van der Waals surface area (Å²) in [6, 6.07) is 4.33. The van der Waals surface area contributed by atoms with Crippen LogP contribution in [-0.2, 0) is 9.47 Å². The van der Waals surface area contributed by atoms with Crippen LogP contribution >= 0.6 is 0 Å². The number of nitrogen functional groups attached to an aromatic ring is 1. The van der Waals surface area contributed by atoms with Crippen LogP contribution in [-0.4, -0.2) is 25.7 Å². The molecule has 1 aromatic carbocycles. The van der Waals surface area contributed by atoms with Crippen LogP contribution in [0, 0.1) is 0 Å². The first kappa shape index (κ1) is 12.0. The van der Waals surface area contributed by atoms with Crippen molar-refractivity contribution in [2.45, 2.75) is 6.92 Å². The molecule has 1 rings (SSSR count). The van der Waals surface area contributed by atoms with E-state index in [1.165, 1.54) is 25.3 Å². The quantitative estimate of drug-likeness (QED) is 0.616. The van der Waals surface area contributed by atoms with E-state index < -0.39 is 11.9 Å². The number of benzene rings is 1. The molecular weight excluding hydrogens is 210 g/mol. The molecule has 0 aromatic heterocycles. The monoisotopic (exact) mass is 223 g/mol. The van der Waals surface area contributed by atoms with Crippen molar-refractivity contribution in [3.8, 4) is 0 Å². The SMILES string of the molecule is CCOC(=O)c1ccc(N)c(C(=O)OC)c1. The van der Waals surface area contributed by atoms with E-state index in [2.05, 4.69) is 4.74 Å². The number of ether oxygens (including phenoxy) is 2. The lowest BCUT2D eigenvalue weighted by Gasteiger charge is -2.06. The number of rotatable bonds is 3. The zero-order chi connectivity index (χ0) is 12.1. The van der Waals surface area contributed by atoms with Crippen LogP contribution in [0.1, 0.15) is 27.6 Å². The molecule has 0 aliphatic rings. The number of nitrogens with two attached hydrogens (primary N) is 1. The molecule has 5 nitrogen and oxygen atoms in total. The lowest BCUT2D eigenvalue weighted by molar-refractivity contribution is 0.0526. The van der Waals surface area contributed by atoms with Gasteiger partial charge in [-0.25, -0.2) is 9.59 Å². The summed E-state index contributed by atoms with van der Waals surface area (Å²) >= 11 is 0.